The number of hydrogen-bond donors (Lipinski definition) is 1. The molecular weight excluding hydrogens is 362 g/mol. The third-order valence-electron chi connectivity index (χ3n) is 4.10. The number of thiophene rings is 1. The predicted octanol–water partition coefficient (Wildman–Crippen LogP) is 5.03. The van der Waals surface area contributed by atoms with Crippen LogP contribution in [0.3, 0.4) is 0 Å². The van der Waals surface area contributed by atoms with Crippen LogP contribution in [0, 0.1) is 0 Å². The lowest BCUT2D eigenvalue weighted by atomic mass is 10.0. The van der Waals surface area contributed by atoms with Gasteiger partial charge in [0.15, 0.2) is 5.16 Å². The van der Waals surface area contributed by atoms with Crippen molar-refractivity contribution in [3.8, 4) is 5.69 Å². The topological polar surface area (TPSA) is 46.9 Å². The highest BCUT2D eigenvalue weighted by Crippen LogP contribution is 2.27. The summed E-state index contributed by atoms with van der Waals surface area (Å²) in [7, 11) is 0. The van der Waals surface area contributed by atoms with E-state index in [0.717, 1.165) is 15.7 Å². The van der Waals surface area contributed by atoms with Gasteiger partial charge in [-0.15, -0.1) is 11.3 Å². The van der Waals surface area contributed by atoms with Crippen LogP contribution in [-0.2, 0) is 4.79 Å². The van der Waals surface area contributed by atoms with Gasteiger partial charge >= 0.3 is 0 Å². The minimum Gasteiger partial charge on any atom is -0.348 e. The highest BCUT2D eigenvalue weighted by Gasteiger charge is 2.15. The Kier molecular flexibility index (Phi) is 6.16. The molecule has 136 valence electrons. The molecule has 1 aromatic carbocycles. The van der Waals surface area contributed by atoms with E-state index in [9.17, 15) is 4.79 Å². The lowest BCUT2D eigenvalue weighted by molar-refractivity contribution is -0.119. The Bertz CT molecular complexity index is 856. The van der Waals surface area contributed by atoms with Crippen molar-refractivity contribution in [1.82, 2.24) is 14.9 Å². The second-order valence-corrected chi connectivity index (χ2v) is 8.31. The van der Waals surface area contributed by atoms with Crippen molar-refractivity contribution in [2.24, 2.45) is 0 Å². The molecule has 0 spiro atoms. The Morgan fingerprint density at radius 3 is 2.77 bits per heavy atom. The first-order valence-electron chi connectivity index (χ1n) is 8.64. The number of benzene rings is 1. The Morgan fingerprint density at radius 2 is 2.04 bits per heavy atom. The maximum atomic E-state index is 12.3. The molecule has 6 heteroatoms. The fourth-order valence-electron chi connectivity index (χ4n) is 2.80. The number of carbonyl (C=O) groups excluding carboxylic acids is 1. The van der Waals surface area contributed by atoms with Crippen LogP contribution in [0.5, 0.6) is 0 Å². The molecular formula is C20H23N3OS2. The summed E-state index contributed by atoms with van der Waals surface area (Å²) in [6.07, 6.45) is 3.74. The van der Waals surface area contributed by atoms with Crippen LogP contribution in [-0.4, -0.2) is 21.2 Å². The van der Waals surface area contributed by atoms with E-state index < -0.39 is 0 Å². The van der Waals surface area contributed by atoms with Crippen molar-refractivity contribution >= 4 is 29.0 Å². The molecule has 1 unspecified atom stereocenters. The van der Waals surface area contributed by atoms with Crippen LogP contribution in [0.4, 0.5) is 0 Å². The normalized spacial score (nSPS) is 12.3. The Morgan fingerprint density at radius 1 is 1.23 bits per heavy atom. The summed E-state index contributed by atoms with van der Waals surface area (Å²) in [6, 6.07) is 12.4. The van der Waals surface area contributed by atoms with Crippen molar-refractivity contribution in [1.29, 1.82) is 0 Å². The maximum absolute atomic E-state index is 12.3. The van der Waals surface area contributed by atoms with E-state index in [4.69, 9.17) is 0 Å². The lowest BCUT2D eigenvalue weighted by Crippen LogP contribution is -2.27. The van der Waals surface area contributed by atoms with Crippen molar-refractivity contribution in [3.63, 3.8) is 0 Å². The number of imidazole rings is 1. The molecule has 1 amide bonds. The van der Waals surface area contributed by atoms with Crippen LogP contribution < -0.4 is 5.32 Å². The molecule has 4 nitrogen and oxygen atoms in total. The highest BCUT2D eigenvalue weighted by molar-refractivity contribution is 7.99. The summed E-state index contributed by atoms with van der Waals surface area (Å²) in [4.78, 5) is 17.9. The van der Waals surface area contributed by atoms with Gasteiger partial charge in [-0.05, 0) is 35.9 Å². The van der Waals surface area contributed by atoms with Crippen LogP contribution in [0.2, 0.25) is 0 Å². The molecule has 0 radical (unpaired) electrons. The molecule has 0 aliphatic rings. The van der Waals surface area contributed by atoms with Gasteiger partial charge in [-0.25, -0.2) is 4.98 Å². The van der Waals surface area contributed by atoms with Gasteiger partial charge < -0.3 is 5.32 Å². The minimum absolute atomic E-state index is 0.0163. The number of aromatic nitrogens is 2. The van der Waals surface area contributed by atoms with Gasteiger partial charge in [-0.3, -0.25) is 9.36 Å². The number of hydrogen-bond acceptors (Lipinski definition) is 4. The first-order valence-corrected chi connectivity index (χ1v) is 10.5. The van der Waals surface area contributed by atoms with Gasteiger partial charge in [-0.1, -0.05) is 49.9 Å². The number of nitrogens with zero attached hydrogens (tertiary/aromatic N) is 2. The molecule has 0 aliphatic carbocycles. The predicted molar refractivity (Wildman–Crippen MR) is 109 cm³/mol. The molecule has 2 aromatic heterocycles. The zero-order valence-corrected chi connectivity index (χ0v) is 16.8. The summed E-state index contributed by atoms with van der Waals surface area (Å²) < 4.78 is 2.07. The van der Waals surface area contributed by atoms with E-state index >= 15 is 0 Å². The highest BCUT2D eigenvalue weighted by atomic mass is 32.2. The molecule has 3 rings (SSSR count). The van der Waals surface area contributed by atoms with Crippen LogP contribution in [0.25, 0.3) is 5.69 Å². The van der Waals surface area contributed by atoms with Crippen molar-refractivity contribution in [3.05, 3.63) is 64.6 Å². The summed E-state index contributed by atoms with van der Waals surface area (Å²) in [5, 5.41) is 5.90. The van der Waals surface area contributed by atoms with Gasteiger partial charge in [-0.2, -0.15) is 0 Å². The second-order valence-electron chi connectivity index (χ2n) is 6.39. The Balaban J connectivity index is 1.67. The minimum atomic E-state index is 0.0163. The Labute approximate surface area is 162 Å². The van der Waals surface area contributed by atoms with E-state index in [1.165, 1.54) is 17.3 Å². The van der Waals surface area contributed by atoms with E-state index in [-0.39, 0.29) is 11.9 Å². The molecule has 0 bridgehead atoms. The molecule has 0 saturated heterocycles. The van der Waals surface area contributed by atoms with Gasteiger partial charge in [0.1, 0.15) is 0 Å². The van der Waals surface area contributed by atoms with E-state index in [1.54, 1.807) is 17.5 Å². The summed E-state index contributed by atoms with van der Waals surface area (Å²) in [5.41, 5.74) is 2.39. The largest absolute Gasteiger partial charge is 0.348 e. The molecule has 3 aromatic rings. The number of thioether (sulfide) groups is 1. The van der Waals surface area contributed by atoms with Crippen molar-refractivity contribution < 1.29 is 4.79 Å². The van der Waals surface area contributed by atoms with Crippen LogP contribution in [0.15, 0.2) is 59.3 Å². The van der Waals surface area contributed by atoms with Crippen molar-refractivity contribution in [2.75, 3.05) is 5.75 Å². The van der Waals surface area contributed by atoms with E-state index in [0.29, 0.717) is 11.7 Å². The average molecular weight is 386 g/mol. The molecule has 0 fully saturated rings. The third-order valence-corrected chi connectivity index (χ3v) is 6.13. The third kappa shape index (κ3) is 4.37. The number of rotatable bonds is 7. The first kappa shape index (κ1) is 18.7. The second kappa shape index (κ2) is 8.56. The molecule has 0 saturated carbocycles. The number of amides is 1. The quantitative estimate of drug-likeness (QED) is 0.581. The summed E-state index contributed by atoms with van der Waals surface area (Å²) >= 11 is 3.11. The fraction of sp³-hybridized carbons (Fsp3) is 0.300. The number of carbonyl (C=O) groups is 1. The SMILES string of the molecule is CC(C)c1ccccc1-n1ccnc1SCC(=O)NC(C)c1cccs1. The maximum Gasteiger partial charge on any atom is 0.230 e. The standard InChI is InChI=1S/C20H23N3OS2/c1-14(2)16-7-4-5-8-17(16)23-11-10-21-20(23)26-13-19(24)22-15(3)18-9-6-12-25-18/h4-12,14-15H,13H2,1-3H3,(H,22,24). The lowest BCUT2D eigenvalue weighted by Gasteiger charge is -2.15. The fourth-order valence-corrected chi connectivity index (χ4v) is 4.31. The van der Waals surface area contributed by atoms with Gasteiger partial charge in [0.25, 0.3) is 0 Å². The Hall–Kier alpha value is -2.05. The zero-order valence-electron chi connectivity index (χ0n) is 15.2. The molecule has 1 N–H and O–H groups in total. The molecule has 26 heavy (non-hydrogen) atoms. The van der Waals surface area contributed by atoms with Gasteiger partial charge in [0.2, 0.25) is 5.91 Å². The molecule has 0 aliphatic heterocycles. The van der Waals surface area contributed by atoms with Gasteiger partial charge in [0.05, 0.1) is 17.5 Å². The zero-order chi connectivity index (χ0) is 18.5. The van der Waals surface area contributed by atoms with Crippen LogP contribution in [0.1, 0.15) is 43.2 Å². The summed E-state index contributed by atoms with van der Waals surface area (Å²) in [5.74, 6) is 0.778. The smallest absolute Gasteiger partial charge is 0.230 e. The van der Waals surface area contributed by atoms with E-state index in [2.05, 4.69) is 46.9 Å². The molecule has 2 heterocycles. The van der Waals surface area contributed by atoms with Crippen molar-refractivity contribution in [2.45, 2.75) is 37.9 Å². The number of nitrogens with one attached hydrogen (secondary N) is 1. The first-order chi connectivity index (χ1) is 12.6. The van der Waals surface area contributed by atoms with Gasteiger partial charge in [0, 0.05) is 17.3 Å². The monoisotopic (exact) mass is 385 g/mol. The van der Waals surface area contributed by atoms with E-state index in [1.807, 2.05) is 36.7 Å². The average Bonchev–Trinajstić information content (AvgIpc) is 3.31. The summed E-state index contributed by atoms with van der Waals surface area (Å²) in [6.45, 7) is 6.37. The van der Waals surface area contributed by atoms with Crippen LogP contribution >= 0.6 is 23.1 Å². The molecule has 1 atom stereocenters. The number of para-hydroxylation sites is 1.